The van der Waals surface area contributed by atoms with Crippen LogP contribution >= 0.6 is 11.6 Å². The molecule has 1 amide bonds. The van der Waals surface area contributed by atoms with E-state index in [1.807, 2.05) is 0 Å². The third-order valence-corrected chi connectivity index (χ3v) is 2.01. The van der Waals surface area contributed by atoms with Gasteiger partial charge < -0.3 is 4.74 Å². The second-order valence-electron chi connectivity index (χ2n) is 3.48. The van der Waals surface area contributed by atoms with E-state index < -0.39 is 0 Å². The van der Waals surface area contributed by atoms with Crippen LogP contribution in [-0.2, 0) is 4.79 Å². The first-order chi connectivity index (χ1) is 7.58. The van der Waals surface area contributed by atoms with E-state index in [-0.39, 0.29) is 5.91 Å². The standard InChI is InChI=1S/C11H15ClN2O2/c1-14(2)13-11(15)7-8-16-10-5-3-9(12)4-6-10/h3-6H,7-8H2,1-2H3,(H,13,15). The highest BCUT2D eigenvalue weighted by Gasteiger charge is 2.02. The lowest BCUT2D eigenvalue weighted by Crippen LogP contribution is -2.36. The predicted molar refractivity (Wildman–Crippen MR) is 63.4 cm³/mol. The van der Waals surface area contributed by atoms with Crippen molar-refractivity contribution in [1.29, 1.82) is 0 Å². The molecule has 0 aliphatic rings. The molecule has 16 heavy (non-hydrogen) atoms. The molecular formula is C11H15ClN2O2. The van der Waals surface area contributed by atoms with Crippen LogP contribution in [0.15, 0.2) is 24.3 Å². The zero-order valence-corrected chi connectivity index (χ0v) is 10.1. The maximum Gasteiger partial charge on any atom is 0.237 e. The molecule has 88 valence electrons. The van der Waals surface area contributed by atoms with Gasteiger partial charge in [-0.15, -0.1) is 0 Å². The van der Waals surface area contributed by atoms with E-state index in [1.54, 1.807) is 43.4 Å². The molecule has 0 fully saturated rings. The van der Waals surface area contributed by atoms with Crippen molar-refractivity contribution in [1.82, 2.24) is 10.4 Å². The van der Waals surface area contributed by atoms with Gasteiger partial charge in [0.15, 0.2) is 0 Å². The summed E-state index contributed by atoms with van der Waals surface area (Å²) >= 11 is 5.73. The van der Waals surface area contributed by atoms with Crippen LogP contribution in [0, 0.1) is 0 Å². The Kier molecular flexibility index (Phi) is 5.08. The average molecular weight is 243 g/mol. The van der Waals surface area contributed by atoms with Crippen LogP contribution in [0.4, 0.5) is 0 Å². The highest BCUT2D eigenvalue weighted by atomic mass is 35.5. The largest absolute Gasteiger partial charge is 0.493 e. The number of benzene rings is 1. The maximum absolute atomic E-state index is 11.2. The SMILES string of the molecule is CN(C)NC(=O)CCOc1ccc(Cl)cc1. The lowest BCUT2D eigenvalue weighted by Gasteiger charge is -2.12. The molecule has 0 saturated carbocycles. The van der Waals surface area contributed by atoms with E-state index in [0.29, 0.717) is 23.8 Å². The highest BCUT2D eigenvalue weighted by Crippen LogP contribution is 2.15. The average Bonchev–Trinajstić information content (AvgIpc) is 2.20. The van der Waals surface area contributed by atoms with Gasteiger partial charge in [0.25, 0.3) is 0 Å². The van der Waals surface area contributed by atoms with Gasteiger partial charge in [-0.3, -0.25) is 10.2 Å². The van der Waals surface area contributed by atoms with Gasteiger partial charge in [0.05, 0.1) is 13.0 Å². The van der Waals surface area contributed by atoms with E-state index in [0.717, 1.165) is 0 Å². The molecule has 1 aromatic rings. The van der Waals surface area contributed by atoms with Crippen molar-refractivity contribution in [2.24, 2.45) is 0 Å². The number of rotatable bonds is 5. The van der Waals surface area contributed by atoms with Crippen LogP contribution in [0.2, 0.25) is 5.02 Å². The van der Waals surface area contributed by atoms with Crippen molar-refractivity contribution in [3.05, 3.63) is 29.3 Å². The van der Waals surface area contributed by atoms with E-state index in [1.165, 1.54) is 0 Å². The normalized spacial score (nSPS) is 10.2. The summed E-state index contributed by atoms with van der Waals surface area (Å²) in [5.41, 5.74) is 2.63. The monoisotopic (exact) mass is 242 g/mol. The summed E-state index contributed by atoms with van der Waals surface area (Å²) in [4.78, 5) is 11.2. The Morgan fingerprint density at radius 2 is 2.00 bits per heavy atom. The van der Waals surface area contributed by atoms with Crippen molar-refractivity contribution in [3.63, 3.8) is 0 Å². The van der Waals surface area contributed by atoms with E-state index >= 15 is 0 Å². The van der Waals surface area contributed by atoms with E-state index in [2.05, 4.69) is 5.43 Å². The highest BCUT2D eigenvalue weighted by molar-refractivity contribution is 6.30. The second-order valence-corrected chi connectivity index (χ2v) is 3.92. The van der Waals surface area contributed by atoms with Crippen molar-refractivity contribution in [2.75, 3.05) is 20.7 Å². The molecule has 0 bridgehead atoms. The molecule has 0 atom stereocenters. The number of hydrogen-bond acceptors (Lipinski definition) is 3. The minimum Gasteiger partial charge on any atom is -0.493 e. The molecule has 1 rings (SSSR count). The summed E-state index contributed by atoms with van der Waals surface area (Å²) in [6.45, 7) is 0.349. The third kappa shape index (κ3) is 5.00. The van der Waals surface area contributed by atoms with Crippen LogP contribution < -0.4 is 10.2 Å². The summed E-state index contributed by atoms with van der Waals surface area (Å²) in [7, 11) is 3.52. The first kappa shape index (κ1) is 12.8. The molecule has 0 spiro atoms. The first-order valence-corrected chi connectivity index (χ1v) is 5.31. The minimum absolute atomic E-state index is 0.0704. The summed E-state index contributed by atoms with van der Waals surface area (Å²) in [6.07, 6.45) is 0.320. The number of hydrazine groups is 1. The van der Waals surface area contributed by atoms with Crippen LogP contribution in [0.3, 0.4) is 0 Å². The van der Waals surface area contributed by atoms with E-state index in [4.69, 9.17) is 16.3 Å². The smallest absolute Gasteiger partial charge is 0.237 e. The fourth-order valence-electron chi connectivity index (χ4n) is 1.10. The fraction of sp³-hybridized carbons (Fsp3) is 0.364. The molecular weight excluding hydrogens is 228 g/mol. The first-order valence-electron chi connectivity index (χ1n) is 4.93. The molecule has 0 aromatic heterocycles. The molecule has 0 aliphatic carbocycles. The molecule has 4 nitrogen and oxygen atoms in total. The topological polar surface area (TPSA) is 41.6 Å². The number of carbonyl (C=O) groups is 1. The Labute approximate surface area is 100 Å². The van der Waals surface area contributed by atoms with E-state index in [9.17, 15) is 4.79 Å². The Hall–Kier alpha value is -1.26. The van der Waals surface area contributed by atoms with Gasteiger partial charge >= 0.3 is 0 Å². The molecule has 0 radical (unpaired) electrons. The van der Waals surface area contributed by atoms with Gasteiger partial charge in [0.1, 0.15) is 5.75 Å². The fourth-order valence-corrected chi connectivity index (χ4v) is 1.22. The number of nitrogens with zero attached hydrogens (tertiary/aromatic N) is 1. The number of ether oxygens (including phenoxy) is 1. The van der Waals surface area contributed by atoms with Crippen LogP contribution in [-0.4, -0.2) is 31.6 Å². The molecule has 0 heterocycles. The summed E-state index contributed by atoms with van der Waals surface area (Å²) in [6, 6.07) is 7.03. The number of carbonyl (C=O) groups excluding carboxylic acids is 1. The van der Waals surface area contributed by atoms with Gasteiger partial charge in [0, 0.05) is 19.1 Å². The summed E-state index contributed by atoms with van der Waals surface area (Å²) in [5, 5.41) is 2.27. The van der Waals surface area contributed by atoms with Crippen molar-refractivity contribution in [2.45, 2.75) is 6.42 Å². The zero-order chi connectivity index (χ0) is 12.0. The lowest BCUT2D eigenvalue weighted by atomic mass is 10.3. The summed E-state index contributed by atoms with van der Waals surface area (Å²) in [5.74, 6) is 0.640. The molecule has 0 unspecified atom stereocenters. The minimum atomic E-state index is -0.0704. The van der Waals surface area contributed by atoms with Crippen LogP contribution in [0.5, 0.6) is 5.75 Å². The molecule has 0 aliphatic heterocycles. The quantitative estimate of drug-likeness (QED) is 0.800. The lowest BCUT2D eigenvalue weighted by molar-refractivity contribution is -0.125. The Bertz CT molecular complexity index is 338. The Balaban J connectivity index is 2.25. The number of halogens is 1. The van der Waals surface area contributed by atoms with Crippen molar-refractivity contribution < 1.29 is 9.53 Å². The predicted octanol–water partition coefficient (Wildman–Crippen LogP) is 1.70. The van der Waals surface area contributed by atoms with Gasteiger partial charge in [-0.2, -0.15) is 0 Å². The number of nitrogens with one attached hydrogen (secondary N) is 1. The summed E-state index contributed by atoms with van der Waals surface area (Å²) < 4.78 is 5.38. The zero-order valence-electron chi connectivity index (χ0n) is 9.37. The number of amides is 1. The Morgan fingerprint density at radius 1 is 1.38 bits per heavy atom. The van der Waals surface area contributed by atoms with Crippen molar-refractivity contribution in [3.8, 4) is 5.75 Å². The molecule has 5 heteroatoms. The van der Waals surface area contributed by atoms with Crippen LogP contribution in [0.25, 0.3) is 0 Å². The maximum atomic E-state index is 11.2. The third-order valence-electron chi connectivity index (χ3n) is 1.76. The van der Waals surface area contributed by atoms with Gasteiger partial charge in [-0.25, -0.2) is 5.01 Å². The molecule has 1 aromatic carbocycles. The van der Waals surface area contributed by atoms with Crippen molar-refractivity contribution >= 4 is 17.5 Å². The Morgan fingerprint density at radius 3 is 2.56 bits per heavy atom. The second kappa shape index (κ2) is 6.35. The number of hydrogen-bond donors (Lipinski definition) is 1. The van der Waals surface area contributed by atoms with Gasteiger partial charge in [0.2, 0.25) is 5.91 Å². The van der Waals surface area contributed by atoms with Crippen LogP contribution in [0.1, 0.15) is 6.42 Å². The molecule has 1 N–H and O–H groups in total. The molecule has 0 saturated heterocycles. The van der Waals surface area contributed by atoms with Gasteiger partial charge in [-0.1, -0.05) is 11.6 Å². The van der Waals surface area contributed by atoms with Gasteiger partial charge in [-0.05, 0) is 24.3 Å².